The summed E-state index contributed by atoms with van der Waals surface area (Å²) in [6.45, 7) is 0. The van der Waals surface area contributed by atoms with Crippen molar-refractivity contribution >= 4 is 44.3 Å². The van der Waals surface area contributed by atoms with E-state index in [0.717, 1.165) is 30.1 Å². The Morgan fingerprint density at radius 1 is 1.00 bits per heavy atom. The summed E-state index contributed by atoms with van der Waals surface area (Å²) < 4.78 is 2.24. The molecule has 5 heteroatoms. The largest absolute Gasteiger partial charge is 0.506 e. The molecule has 2 N–H and O–H groups in total. The van der Waals surface area contributed by atoms with Crippen LogP contribution >= 0.6 is 34.9 Å². The molecule has 0 saturated heterocycles. The Bertz CT molecular complexity index is 680. The minimum atomic E-state index is 0.269. The van der Waals surface area contributed by atoms with Crippen LogP contribution in [-0.2, 0) is 0 Å². The molecule has 17 heavy (non-hydrogen) atoms. The van der Waals surface area contributed by atoms with Crippen molar-refractivity contribution in [2.45, 2.75) is 18.3 Å². The highest BCUT2D eigenvalue weighted by atomic mass is 32.2. The molecule has 1 heterocycles. The summed E-state index contributed by atoms with van der Waals surface area (Å²) >= 11 is 7.92. The molecule has 2 nitrogen and oxygen atoms in total. The molecule has 2 aromatic rings. The van der Waals surface area contributed by atoms with Gasteiger partial charge in [0.1, 0.15) is 14.6 Å². The first-order valence-electron chi connectivity index (χ1n) is 5.36. The molecule has 2 aliphatic rings. The fraction of sp³-hybridized carbons (Fsp3) is 0.250. The van der Waals surface area contributed by atoms with Crippen molar-refractivity contribution in [2.24, 2.45) is 0 Å². The zero-order valence-electron chi connectivity index (χ0n) is 8.64. The van der Waals surface area contributed by atoms with Gasteiger partial charge in [-0.15, -0.1) is 22.7 Å². The van der Waals surface area contributed by atoms with Crippen LogP contribution in [0.4, 0.5) is 0 Å². The zero-order valence-corrected chi connectivity index (χ0v) is 11.1. The number of benzene rings is 1. The number of hydrogen-bond donors (Lipinski definition) is 2. The summed E-state index contributed by atoms with van der Waals surface area (Å²) in [5.74, 6) is 1.21. The number of allylic oxidation sites excluding steroid dienone is 2. The van der Waals surface area contributed by atoms with E-state index in [9.17, 15) is 10.2 Å². The van der Waals surface area contributed by atoms with E-state index < -0.39 is 0 Å². The van der Waals surface area contributed by atoms with Crippen molar-refractivity contribution in [1.82, 2.24) is 0 Å². The van der Waals surface area contributed by atoms with Crippen LogP contribution in [0, 0.1) is 3.14 Å². The summed E-state index contributed by atoms with van der Waals surface area (Å²) in [5, 5.41) is 20.7. The fourth-order valence-electron chi connectivity index (χ4n) is 2.97. The third kappa shape index (κ3) is 1.12. The predicted octanol–water partition coefficient (Wildman–Crippen LogP) is 4.24. The summed E-state index contributed by atoms with van der Waals surface area (Å²) in [5.41, 5.74) is 1.85. The molecule has 1 aromatic carbocycles. The first-order valence-corrected chi connectivity index (χ1v) is 7.40. The second kappa shape index (κ2) is 3.10. The molecule has 2 aliphatic carbocycles. The second-order valence-corrected chi connectivity index (χ2v) is 7.70. The van der Waals surface area contributed by atoms with E-state index in [-0.39, 0.29) is 11.8 Å². The number of hydrogen-bond acceptors (Lipinski definition) is 5. The van der Waals surface area contributed by atoms with E-state index in [0.29, 0.717) is 11.5 Å². The van der Waals surface area contributed by atoms with Gasteiger partial charge in [0.25, 0.3) is 0 Å². The Hall–Kier alpha value is -0.910. The van der Waals surface area contributed by atoms with Crippen molar-refractivity contribution in [2.75, 3.05) is 0 Å². The molecule has 0 spiro atoms. The SMILES string of the molecule is Oc1c2c(c(O)c3sc(=S)sc13)[C@H]1C=C[C@@H]2C1. The Balaban J connectivity index is 2.23. The summed E-state index contributed by atoms with van der Waals surface area (Å²) in [4.78, 5) is 0. The Morgan fingerprint density at radius 2 is 1.47 bits per heavy atom. The molecule has 0 amide bonds. The molecule has 0 radical (unpaired) electrons. The van der Waals surface area contributed by atoms with E-state index >= 15 is 0 Å². The molecule has 2 bridgehead atoms. The average Bonchev–Trinajstić information content (AvgIpc) is 2.97. The lowest BCUT2D eigenvalue weighted by Crippen LogP contribution is -1.94. The van der Waals surface area contributed by atoms with Gasteiger partial charge in [0, 0.05) is 23.0 Å². The van der Waals surface area contributed by atoms with Crippen molar-refractivity contribution in [3.63, 3.8) is 0 Å². The van der Waals surface area contributed by atoms with Gasteiger partial charge >= 0.3 is 0 Å². The van der Waals surface area contributed by atoms with Crippen LogP contribution in [0.2, 0.25) is 0 Å². The van der Waals surface area contributed by atoms with E-state index in [2.05, 4.69) is 12.2 Å². The second-order valence-electron chi connectivity index (χ2n) is 4.47. The first-order chi connectivity index (χ1) is 8.16. The van der Waals surface area contributed by atoms with E-state index in [1.54, 1.807) is 0 Å². The van der Waals surface area contributed by atoms with Gasteiger partial charge in [-0.25, -0.2) is 0 Å². The smallest absolute Gasteiger partial charge is 0.145 e. The maximum atomic E-state index is 10.4. The highest BCUT2D eigenvalue weighted by molar-refractivity contribution is 7.77. The highest BCUT2D eigenvalue weighted by Gasteiger charge is 2.39. The third-order valence-electron chi connectivity index (χ3n) is 3.63. The summed E-state index contributed by atoms with van der Waals surface area (Å²) in [6.07, 6.45) is 5.24. The molecule has 0 fully saturated rings. The van der Waals surface area contributed by atoms with Gasteiger partial charge in [0.05, 0.1) is 9.40 Å². The number of rotatable bonds is 0. The molecule has 4 rings (SSSR count). The van der Waals surface area contributed by atoms with Crippen molar-refractivity contribution in [1.29, 1.82) is 0 Å². The van der Waals surface area contributed by atoms with Crippen LogP contribution < -0.4 is 0 Å². The highest BCUT2D eigenvalue weighted by Crippen LogP contribution is 2.59. The standard InChI is InChI=1S/C12H8O2S3/c13-8-6-4-1-2-5(3-4)7(6)9(14)11-10(8)16-12(15)17-11/h1-2,4-5,13-14H,3H2/t4-,5+. The van der Waals surface area contributed by atoms with Crippen LogP contribution in [0.3, 0.4) is 0 Å². The lowest BCUT2D eigenvalue weighted by atomic mass is 9.95. The molecule has 0 aliphatic heterocycles. The summed E-state index contributed by atoms with van der Waals surface area (Å²) in [7, 11) is 0. The Kier molecular flexibility index (Phi) is 1.83. The number of phenolic OH excluding ortho intramolecular Hbond substituents is 2. The first kappa shape index (κ1) is 10.1. The number of phenols is 2. The predicted molar refractivity (Wildman–Crippen MR) is 73.1 cm³/mol. The monoisotopic (exact) mass is 280 g/mol. The van der Waals surface area contributed by atoms with Crippen molar-refractivity contribution in [3.05, 3.63) is 26.4 Å². The van der Waals surface area contributed by atoms with Gasteiger partial charge in [0.2, 0.25) is 0 Å². The van der Waals surface area contributed by atoms with Gasteiger partial charge in [-0.2, -0.15) is 0 Å². The minimum absolute atomic E-state index is 0.269. The van der Waals surface area contributed by atoms with Crippen LogP contribution in [0.15, 0.2) is 12.2 Å². The number of fused-ring (bicyclic) bond motifs is 6. The quantitative estimate of drug-likeness (QED) is 0.431. The van der Waals surface area contributed by atoms with E-state index in [4.69, 9.17) is 12.2 Å². The molecule has 0 unspecified atom stereocenters. The van der Waals surface area contributed by atoms with Crippen molar-refractivity contribution in [3.8, 4) is 11.5 Å². The topological polar surface area (TPSA) is 40.5 Å². The van der Waals surface area contributed by atoms with Crippen molar-refractivity contribution < 1.29 is 10.2 Å². The Morgan fingerprint density at radius 3 is 1.94 bits per heavy atom. The molecule has 2 atom stereocenters. The Labute approximate surface area is 110 Å². The lowest BCUT2D eigenvalue weighted by Gasteiger charge is -2.14. The molecular weight excluding hydrogens is 272 g/mol. The molecule has 0 saturated carbocycles. The number of aromatic hydroxyl groups is 2. The average molecular weight is 280 g/mol. The third-order valence-corrected chi connectivity index (χ3v) is 6.30. The normalized spacial score (nSPS) is 24.7. The summed E-state index contributed by atoms with van der Waals surface area (Å²) in [6, 6.07) is 0. The van der Waals surface area contributed by atoms with Crippen LogP contribution in [0.1, 0.15) is 29.4 Å². The molecule has 1 aromatic heterocycles. The molecule has 86 valence electrons. The van der Waals surface area contributed by atoms with Gasteiger partial charge in [-0.05, 0) is 6.42 Å². The van der Waals surface area contributed by atoms with E-state index in [1.807, 2.05) is 0 Å². The maximum Gasteiger partial charge on any atom is 0.145 e. The van der Waals surface area contributed by atoms with Gasteiger partial charge in [0.15, 0.2) is 0 Å². The maximum absolute atomic E-state index is 10.4. The zero-order chi connectivity index (χ0) is 11.7. The van der Waals surface area contributed by atoms with Crippen LogP contribution in [-0.4, -0.2) is 10.2 Å². The van der Waals surface area contributed by atoms with Crippen LogP contribution in [0.5, 0.6) is 11.5 Å². The van der Waals surface area contributed by atoms with Gasteiger partial charge < -0.3 is 10.2 Å². The van der Waals surface area contributed by atoms with Gasteiger partial charge in [-0.3, -0.25) is 0 Å². The van der Waals surface area contributed by atoms with E-state index in [1.165, 1.54) is 22.7 Å². The van der Waals surface area contributed by atoms with Crippen LogP contribution in [0.25, 0.3) is 9.40 Å². The fourth-order valence-corrected chi connectivity index (χ4v) is 5.51. The minimum Gasteiger partial charge on any atom is -0.506 e. The molecular formula is C12H8O2S3. The lowest BCUT2D eigenvalue weighted by molar-refractivity contribution is 0.461. The van der Waals surface area contributed by atoms with Gasteiger partial charge in [-0.1, -0.05) is 24.4 Å².